The zero-order valence-electron chi connectivity index (χ0n) is 11.0. The van der Waals surface area contributed by atoms with Gasteiger partial charge in [-0.2, -0.15) is 0 Å². The Bertz CT molecular complexity index is 187. The largest absolute Gasteiger partial charge is 0.374 e. The number of nitrogens with zero attached hydrogens (tertiary/aromatic N) is 2. The van der Waals surface area contributed by atoms with Crippen molar-refractivity contribution in [3.05, 3.63) is 0 Å². The first-order chi connectivity index (χ1) is 7.61. The fourth-order valence-electron chi connectivity index (χ4n) is 2.04. The van der Waals surface area contributed by atoms with Gasteiger partial charge in [-0.1, -0.05) is 6.92 Å². The first-order valence-corrected chi connectivity index (χ1v) is 6.40. The summed E-state index contributed by atoms with van der Waals surface area (Å²) in [5.41, 5.74) is 5.75. The van der Waals surface area contributed by atoms with E-state index in [1.807, 2.05) is 0 Å². The molecule has 2 N–H and O–H groups in total. The molecule has 0 amide bonds. The molecule has 0 saturated carbocycles. The van der Waals surface area contributed by atoms with Crippen molar-refractivity contribution in [2.75, 3.05) is 46.4 Å². The highest BCUT2D eigenvalue weighted by atomic mass is 16.5. The molecule has 16 heavy (non-hydrogen) atoms. The monoisotopic (exact) mass is 229 g/mol. The number of hydrogen-bond acceptors (Lipinski definition) is 4. The summed E-state index contributed by atoms with van der Waals surface area (Å²) in [4.78, 5) is 4.78. The molecule has 2 atom stereocenters. The number of rotatable bonds is 6. The van der Waals surface area contributed by atoms with Crippen LogP contribution in [0.25, 0.3) is 0 Å². The zero-order chi connectivity index (χ0) is 12.0. The third-order valence-electron chi connectivity index (χ3n) is 3.15. The molecule has 1 aliphatic heterocycles. The number of nitrogens with two attached hydrogens (primary N) is 1. The number of likely N-dealkylation sites (N-methyl/N-ethyl adjacent to an activating group) is 2. The molecule has 4 heteroatoms. The van der Waals surface area contributed by atoms with Crippen LogP contribution in [-0.4, -0.2) is 68.3 Å². The minimum Gasteiger partial charge on any atom is -0.374 e. The topological polar surface area (TPSA) is 41.7 Å². The maximum atomic E-state index is 5.77. The summed E-state index contributed by atoms with van der Waals surface area (Å²) in [5.74, 6) is 0. The summed E-state index contributed by atoms with van der Waals surface area (Å²) in [6, 6.07) is 0.293. The molecule has 0 bridgehead atoms. The van der Waals surface area contributed by atoms with E-state index in [1.54, 1.807) is 0 Å². The Morgan fingerprint density at radius 1 is 1.56 bits per heavy atom. The molecule has 1 aliphatic rings. The predicted molar refractivity (Wildman–Crippen MR) is 67.6 cm³/mol. The van der Waals surface area contributed by atoms with Crippen LogP contribution in [0.5, 0.6) is 0 Å². The third-order valence-corrected chi connectivity index (χ3v) is 3.15. The third kappa shape index (κ3) is 5.25. The molecule has 0 radical (unpaired) electrons. The fourth-order valence-corrected chi connectivity index (χ4v) is 2.04. The Morgan fingerprint density at radius 3 is 2.94 bits per heavy atom. The summed E-state index contributed by atoms with van der Waals surface area (Å²) in [7, 11) is 2.15. The molecule has 1 rings (SSSR count). The van der Waals surface area contributed by atoms with Crippen LogP contribution in [0.15, 0.2) is 0 Å². The van der Waals surface area contributed by atoms with Crippen molar-refractivity contribution in [2.45, 2.75) is 32.4 Å². The molecule has 0 aromatic heterocycles. The van der Waals surface area contributed by atoms with Crippen molar-refractivity contribution >= 4 is 0 Å². The zero-order valence-corrected chi connectivity index (χ0v) is 11.0. The summed E-state index contributed by atoms with van der Waals surface area (Å²) < 4.78 is 5.77. The molecule has 4 nitrogen and oxygen atoms in total. The van der Waals surface area contributed by atoms with Crippen LogP contribution in [0.4, 0.5) is 0 Å². The van der Waals surface area contributed by atoms with Gasteiger partial charge in [0.1, 0.15) is 0 Å². The summed E-state index contributed by atoms with van der Waals surface area (Å²) in [6.07, 6.45) is 1.42. The summed E-state index contributed by atoms with van der Waals surface area (Å²) in [5, 5.41) is 0. The Balaban J connectivity index is 2.19. The SMILES string of the molecule is CCN1CCOC(CN(C)CCC(C)N)C1. The van der Waals surface area contributed by atoms with Gasteiger partial charge >= 0.3 is 0 Å². The van der Waals surface area contributed by atoms with Gasteiger partial charge in [0.25, 0.3) is 0 Å². The predicted octanol–water partition coefficient (Wildman–Crippen LogP) is 0.376. The van der Waals surface area contributed by atoms with E-state index in [9.17, 15) is 0 Å². The lowest BCUT2D eigenvalue weighted by molar-refractivity contribution is -0.0390. The van der Waals surface area contributed by atoms with Crippen LogP contribution in [0.3, 0.4) is 0 Å². The van der Waals surface area contributed by atoms with Crippen molar-refractivity contribution in [1.29, 1.82) is 0 Å². The van der Waals surface area contributed by atoms with Crippen LogP contribution < -0.4 is 5.73 Å². The van der Waals surface area contributed by atoms with Gasteiger partial charge in [0.15, 0.2) is 0 Å². The first-order valence-electron chi connectivity index (χ1n) is 6.40. The molecule has 1 heterocycles. The highest BCUT2D eigenvalue weighted by molar-refractivity contribution is 4.73. The lowest BCUT2D eigenvalue weighted by Gasteiger charge is -2.34. The Hall–Kier alpha value is -0.160. The van der Waals surface area contributed by atoms with E-state index < -0.39 is 0 Å². The van der Waals surface area contributed by atoms with Crippen LogP contribution in [0.2, 0.25) is 0 Å². The van der Waals surface area contributed by atoms with Crippen molar-refractivity contribution in [3.63, 3.8) is 0 Å². The molecule has 0 spiro atoms. The van der Waals surface area contributed by atoms with Crippen LogP contribution >= 0.6 is 0 Å². The average Bonchev–Trinajstić information content (AvgIpc) is 2.26. The lowest BCUT2D eigenvalue weighted by Crippen LogP contribution is -2.47. The van der Waals surface area contributed by atoms with Crippen LogP contribution in [-0.2, 0) is 4.74 Å². The van der Waals surface area contributed by atoms with Crippen molar-refractivity contribution < 1.29 is 4.74 Å². The van der Waals surface area contributed by atoms with Gasteiger partial charge in [-0.05, 0) is 33.5 Å². The molecule has 0 aliphatic carbocycles. The summed E-state index contributed by atoms with van der Waals surface area (Å²) in [6.45, 7) is 10.5. The van der Waals surface area contributed by atoms with E-state index >= 15 is 0 Å². The standard InChI is InChI=1S/C12H27N3O/c1-4-15-7-8-16-12(10-15)9-14(3)6-5-11(2)13/h11-12H,4-10,13H2,1-3H3. The Kier molecular flexibility index (Phi) is 6.28. The van der Waals surface area contributed by atoms with Gasteiger partial charge in [-0.25, -0.2) is 0 Å². The highest BCUT2D eigenvalue weighted by Crippen LogP contribution is 2.06. The van der Waals surface area contributed by atoms with Crippen molar-refractivity contribution in [2.24, 2.45) is 5.73 Å². The Morgan fingerprint density at radius 2 is 2.31 bits per heavy atom. The molecule has 2 unspecified atom stereocenters. The van der Waals surface area contributed by atoms with Gasteiger partial charge in [-0.3, -0.25) is 4.90 Å². The smallest absolute Gasteiger partial charge is 0.0829 e. The minimum absolute atomic E-state index is 0.293. The number of hydrogen-bond donors (Lipinski definition) is 1. The molecule has 1 fully saturated rings. The van der Waals surface area contributed by atoms with E-state index in [1.165, 1.54) is 0 Å². The number of morpholine rings is 1. The maximum Gasteiger partial charge on any atom is 0.0829 e. The van der Waals surface area contributed by atoms with Gasteiger partial charge in [-0.15, -0.1) is 0 Å². The van der Waals surface area contributed by atoms with E-state index in [2.05, 4.69) is 30.7 Å². The fraction of sp³-hybridized carbons (Fsp3) is 1.00. The van der Waals surface area contributed by atoms with E-state index in [0.29, 0.717) is 12.1 Å². The van der Waals surface area contributed by atoms with Gasteiger partial charge in [0.05, 0.1) is 12.7 Å². The second-order valence-electron chi connectivity index (χ2n) is 4.91. The normalized spacial score (nSPS) is 24.9. The van der Waals surface area contributed by atoms with Crippen LogP contribution in [0.1, 0.15) is 20.3 Å². The highest BCUT2D eigenvalue weighted by Gasteiger charge is 2.20. The molecule has 1 saturated heterocycles. The molecular weight excluding hydrogens is 202 g/mol. The van der Waals surface area contributed by atoms with Crippen molar-refractivity contribution in [1.82, 2.24) is 9.80 Å². The average molecular weight is 229 g/mol. The Labute approximate surface area is 99.7 Å². The van der Waals surface area contributed by atoms with Gasteiger partial charge in [0.2, 0.25) is 0 Å². The first kappa shape index (κ1) is 13.9. The summed E-state index contributed by atoms with van der Waals surface area (Å²) >= 11 is 0. The molecule has 0 aromatic rings. The lowest BCUT2D eigenvalue weighted by atomic mass is 10.2. The number of ether oxygens (including phenoxy) is 1. The molecular formula is C12H27N3O. The minimum atomic E-state index is 0.293. The second-order valence-corrected chi connectivity index (χ2v) is 4.91. The quantitative estimate of drug-likeness (QED) is 0.715. The molecule has 96 valence electrons. The van der Waals surface area contributed by atoms with Gasteiger partial charge < -0.3 is 15.4 Å². The second kappa shape index (κ2) is 7.22. The van der Waals surface area contributed by atoms with Crippen molar-refractivity contribution in [3.8, 4) is 0 Å². The van der Waals surface area contributed by atoms with E-state index in [-0.39, 0.29) is 0 Å². The molecule has 0 aromatic carbocycles. The van der Waals surface area contributed by atoms with Crippen LogP contribution in [0, 0.1) is 0 Å². The van der Waals surface area contributed by atoms with Gasteiger partial charge in [0, 0.05) is 25.7 Å². The van der Waals surface area contributed by atoms with E-state index in [0.717, 1.165) is 45.8 Å². The maximum absolute atomic E-state index is 5.77. The van der Waals surface area contributed by atoms with E-state index in [4.69, 9.17) is 10.5 Å².